The topological polar surface area (TPSA) is 50.2 Å². The van der Waals surface area contributed by atoms with Gasteiger partial charge in [0.05, 0.1) is 6.20 Å². The van der Waals surface area contributed by atoms with Gasteiger partial charge in [-0.25, -0.2) is 4.98 Å². The molecule has 1 aliphatic rings. The van der Waals surface area contributed by atoms with E-state index in [0.717, 1.165) is 64.2 Å². The van der Waals surface area contributed by atoms with E-state index in [-0.39, 0.29) is 5.91 Å². The summed E-state index contributed by atoms with van der Waals surface area (Å²) in [5.74, 6) is 1.64. The van der Waals surface area contributed by atoms with Gasteiger partial charge >= 0.3 is 0 Å². The van der Waals surface area contributed by atoms with Crippen molar-refractivity contribution in [3.8, 4) is 0 Å². The SMILES string of the molecule is CC(C)CCNC(=O)c1cnc2n1CCN(CCCc1ccccc1)CC2. The van der Waals surface area contributed by atoms with Gasteiger partial charge in [0.1, 0.15) is 11.5 Å². The van der Waals surface area contributed by atoms with Crippen molar-refractivity contribution < 1.29 is 4.79 Å². The minimum absolute atomic E-state index is 0.00641. The van der Waals surface area contributed by atoms with Gasteiger partial charge in [0.25, 0.3) is 5.91 Å². The number of benzene rings is 1. The Morgan fingerprint density at radius 1 is 1.19 bits per heavy atom. The molecule has 1 aromatic carbocycles. The monoisotopic (exact) mass is 368 g/mol. The third-order valence-electron chi connectivity index (χ3n) is 5.25. The van der Waals surface area contributed by atoms with Crippen LogP contribution >= 0.6 is 0 Å². The third kappa shape index (κ3) is 5.67. The Hall–Kier alpha value is -2.14. The number of aryl methyl sites for hydroxylation is 1. The van der Waals surface area contributed by atoms with Crippen LogP contribution in [0.5, 0.6) is 0 Å². The second-order valence-electron chi connectivity index (χ2n) is 7.83. The van der Waals surface area contributed by atoms with Crippen LogP contribution in [0.3, 0.4) is 0 Å². The third-order valence-corrected chi connectivity index (χ3v) is 5.25. The number of carbonyl (C=O) groups excluding carboxylic acids is 1. The highest BCUT2D eigenvalue weighted by Crippen LogP contribution is 2.13. The summed E-state index contributed by atoms with van der Waals surface area (Å²) in [6.45, 7) is 8.99. The van der Waals surface area contributed by atoms with Crippen molar-refractivity contribution in [1.82, 2.24) is 19.8 Å². The Kier molecular flexibility index (Phi) is 7.04. The molecule has 1 aliphatic heterocycles. The van der Waals surface area contributed by atoms with Gasteiger partial charge in [-0.1, -0.05) is 44.2 Å². The van der Waals surface area contributed by atoms with Crippen molar-refractivity contribution in [3.63, 3.8) is 0 Å². The summed E-state index contributed by atoms with van der Waals surface area (Å²) in [6, 6.07) is 10.7. The van der Waals surface area contributed by atoms with E-state index < -0.39 is 0 Å². The minimum Gasteiger partial charge on any atom is -0.351 e. The predicted molar refractivity (Wildman–Crippen MR) is 109 cm³/mol. The molecule has 3 rings (SSSR count). The van der Waals surface area contributed by atoms with Crippen molar-refractivity contribution in [2.75, 3.05) is 26.2 Å². The van der Waals surface area contributed by atoms with Crippen molar-refractivity contribution in [2.24, 2.45) is 5.92 Å². The average molecular weight is 369 g/mol. The number of carbonyl (C=O) groups is 1. The Morgan fingerprint density at radius 3 is 2.78 bits per heavy atom. The Balaban J connectivity index is 1.49. The van der Waals surface area contributed by atoms with E-state index in [1.165, 1.54) is 5.56 Å². The molecule has 146 valence electrons. The molecule has 0 saturated carbocycles. The summed E-state index contributed by atoms with van der Waals surface area (Å²) in [4.78, 5) is 19.5. The first kappa shape index (κ1) is 19.6. The second kappa shape index (κ2) is 9.70. The van der Waals surface area contributed by atoms with Gasteiger partial charge in [0.15, 0.2) is 0 Å². The van der Waals surface area contributed by atoms with Crippen molar-refractivity contribution in [3.05, 3.63) is 53.6 Å². The Morgan fingerprint density at radius 2 is 2.00 bits per heavy atom. The first-order chi connectivity index (χ1) is 13.1. The molecule has 0 saturated heterocycles. The maximum Gasteiger partial charge on any atom is 0.269 e. The molecule has 27 heavy (non-hydrogen) atoms. The molecule has 0 fully saturated rings. The van der Waals surface area contributed by atoms with Crippen molar-refractivity contribution in [2.45, 2.75) is 46.1 Å². The lowest BCUT2D eigenvalue weighted by Gasteiger charge is -2.19. The lowest BCUT2D eigenvalue weighted by molar-refractivity contribution is 0.0942. The van der Waals surface area contributed by atoms with Gasteiger partial charge in [0, 0.05) is 32.6 Å². The van der Waals surface area contributed by atoms with Crippen molar-refractivity contribution >= 4 is 5.91 Å². The zero-order valence-corrected chi connectivity index (χ0v) is 16.7. The summed E-state index contributed by atoms with van der Waals surface area (Å²) >= 11 is 0. The molecule has 0 spiro atoms. The van der Waals surface area contributed by atoms with E-state index in [2.05, 4.69) is 63.9 Å². The number of hydrogen-bond acceptors (Lipinski definition) is 3. The summed E-state index contributed by atoms with van der Waals surface area (Å²) < 4.78 is 2.11. The predicted octanol–water partition coefficient (Wildman–Crippen LogP) is 3.15. The fraction of sp³-hybridized carbons (Fsp3) is 0.545. The van der Waals surface area contributed by atoms with Crippen LogP contribution in [0.1, 0.15) is 48.6 Å². The fourth-order valence-electron chi connectivity index (χ4n) is 3.60. The van der Waals surface area contributed by atoms with Gasteiger partial charge in [-0.2, -0.15) is 0 Å². The summed E-state index contributed by atoms with van der Waals surface area (Å²) in [6.07, 6.45) is 5.93. The van der Waals surface area contributed by atoms with Crippen LogP contribution in [0.2, 0.25) is 0 Å². The van der Waals surface area contributed by atoms with Gasteiger partial charge in [-0.3, -0.25) is 4.79 Å². The number of hydrogen-bond donors (Lipinski definition) is 1. The molecule has 0 radical (unpaired) electrons. The standard InChI is InChI=1S/C22H32N4O/c1-18(2)10-12-23-22(27)20-17-24-21-11-14-25(15-16-26(20)21)13-6-9-19-7-4-3-5-8-19/h3-5,7-8,17-18H,6,9-16H2,1-2H3,(H,23,27). The maximum atomic E-state index is 12.5. The van der Waals surface area contributed by atoms with E-state index in [0.29, 0.717) is 11.6 Å². The smallest absolute Gasteiger partial charge is 0.269 e. The van der Waals surface area contributed by atoms with Crippen LogP contribution < -0.4 is 5.32 Å². The first-order valence-electron chi connectivity index (χ1n) is 10.2. The zero-order valence-electron chi connectivity index (χ0n) is 16.7. The van der Waals surface area contributed by atoms with Gasteiger partial charge in [-0.05, 0) is 37.3 Å². The molecule has 2 heterocycles. The summed E-state index contributed by atoms with van der Waals surface area (Å²) in [5, 5.41) is 3.04. The summed E-state index contributed by atoms with van der Waals surface area (Å²) in [7, 11) is 0. The quantitative estimate of drug-likeness (QED) is 0.779. The van der Waals surface area contributed by atoms with E-state index in [4.69, 9.17) is 0 Å². The molecule has 0 aliphatic carbocycles. The summed E-state index contributed by atoms with van der Waals surface area (Å²) in [5.41, 5.74) is 2.11. The molecule has 5 heteroatoms. The minimum atomic E-state index is 0.00641. The molecule has 1 N–H and O–H groups in total. The van der Waals surface area contributed by atoms with Crippen LogP contribution in [0, 0.1) is 5.92 Å². The highest BCUT2D eigenvalue weighted by Gasteiger charge is 2.20. The zero-order chi connectivity index (χ0) is 19.1. The van der Waals surface area contributed by atoms with Crippen molar-refractivity contribution in [1.29, 1.82) is 0 Å². The Bertz CT molecular complexity index is 723. The normalized spacial score (nSPS) is 14.8. The number of fused-ring (bicyclic) bond motifs is 1. The van der Waals surface area contributed by atoms with E-state index in [1.807, 2.05) is 0 Å². The van der Waals surface area contributed by atoms with Crippen LogP contribution in [0.25, 0.3) is 0 Å². The Labute approximate surface area is 162 Å². The van der Waals surface area contributed by atoms with Gasteiger partial charge in [-0.15, -0.1) is 0 Å². The number of rotatable bonds is 8. The number of nitrogens with zero attached hydrogens (tertiary/aromatic N) is 3. The maximum absolute atomic E-state index is 12.5. The van der Waals surface area contributed by atoms with E-state index in [9.17, 15) is 4.79 Å². The number of aromatic nitrogens is 2. The average Bonchev–Trinajstić information content (AvgIpc) is 2.96. The molecule has 1 aromatic heterocycles. The van der Waals surface area contributed by atoms with Gasteiger partial charge in [0.2, 0.25) is 0 Å². The number of amides is 1. The largest absolute Gasteiger partial charge is 0.351 e. The highest BCUT2D eigenvalue weighted by molar-refractivity contribution is 5.92. The molecule has 0 unspecified atom stereocenters. The molecule has 0 bridgehead atoms. The molecule has 1 amide bonds. The molecule has 0 atom stereocenters. The molecular weight excluding hydrogens is 336 g/mol. The van der Waals surface area contributed by atoms with E-state index >= 15 is 0 Å². The van der Waals surface area contributed by atoms with E-state index in [1.54, 1.807) is 6.20 Å². The van der Waals surface area contributed by atoms with Crippen LogP contribution in [-0.4, -0.2) is 46.5 Å². The molecule has 5 nitrogen and oxygen atoms in total. The molecular formula is C22H32N4O. The highest BCUT2D eigenvalue weighted by atomic mass is 16.1. The lowest BCUT2D eigenvalue weighted by atomic mass is 10.1. The van der Waals surface area contributed by atoms with Crippen LogP contribution in [-0.2, 0) is 19.4 Å². The lowest BCUT2D eigenvalue weighted by Crippen LogP contribution is -2.30. The van der Waals surface area contributed by atoms with Gasteiger partial charge < -0.3 is 14.8 Å². The molecule has 2 aromatic rings. The van der Waals surface area contributed by atoms with Crippen LogP contribution in [0.15, 0.2) is 36.5 Å². The fourth-order valence-corrected chi connectivity index (χ4v) is 3.60. The first-order valence-corrected chi connectivity index (χ1v) is 10.2. The van der Waals surface area contributed by atoms with Crippen LogP contribution in [0.4, 0.5) is 0 Å². The second-order valence-corrected chi connectivity index (χ2v) is 7.83. The number of imidazole rings is 1. The number of nitrogens with one attached hydrogen (secondary N) is 1.